The second-order valence-electron chi connectivity index (χ2n) is 3.98. The standard InChI is InChI=1S/C11H16BrClN2O3S/c1-15(4-3-5-18-2)19(16,17)10-7-8(13)6-9(14)11(10)12/h6-7H,3-5,14H2,1-2H3. The maximum absolute atomic E-state index is 12.4. The van der Waals surface area contributed by atoms with Crippen LogP contribution in [0.5, 0.6) is 0 Å². The van der Waals surface area contributed by atoms with Gasteiger partial charge in [0, 0.05) is 38.0 Å². The lowest BCUT2D eigenvalue weighted by Crippen LogP contribution is -2.29. The van der Waals surface area contributed by atoms with E-state index in [0.717, 1.165) is 0 Å². The minimum Gasteiger partial charge on any atom is -0.398 e. The first-order chi connectivity index (χ1) is 8.80. The Labute approximate surface area is 126 Å². The van der Waals surface area contributed by atoms with Crippen molar-refractivity contribution in [1.29, 1.82) is 0 Å². The number of nitrogen functional groups attached to an aromatic ring is 1. The molecule has 19 heavy (non-hydrogen) atoms. The van der Waals surface area contributed by atoms with Crippen LogP contribution in [-0.2, 0) is 14.8 Å². The van der Waals surface area contributed by atoms with Gasteiger partial charge in [-0.2, -0.15) is 0 Å². The number of nitrogens with zero attached hydrogens (tertiary/aromatic N) is 1. The second kappa shape index (κ2) is 6.90. The Kier molecular flexibility index (Phi) is 6.07. The van der Waals surface area contributed by atoms with Crippen LogP contribution in [0.25, 0.3) is 0 Å². The fourth-order valence-electron chi connectivity index (χ4n) is 1.49. The van der Waals surface area contributed by atoms with Crippen LogP contribution in [0.15, 0.2) is 21.5 Å². The van der Waals surface area contributed by atoms with Gasteiger partial charge in [0.1, 0.15) is 0 Å². The molecule has 0 aromatic heterocycles. The van der Waals surface area contributed by atoms with Crippen LogP contribution >= 0.6 is 27.5 Å². The summed E-state index contributed by atoms with van der Waals surface area (Å²) in [6.07, 6.45) is 0.611. The Morgan fingerprint density at radius 3 is 2.68 bits per heavy atom. The molecular weight excluding hydrogens is 356 g/mol. The normalized spacial score (nSPS) is 12.1. The molecule has 1 aromatic rings. The molecule has 0 saturated heterocycles. The lowest BCUT2D eigenvalue weighted by Gasteiger charge is -2.18. The summed E-state index contributed by atoms with van der Waals surface area (Å²) in [5, 5.41) is 0.282. The molecule has 0 saturated carbocycles. The number of methoxy groups -OCH3 is 1. The molecule has 0 amide bonds. The van der Waals surface area contributed by atoms with Crippen molar-refractivity contribution < 1.29 is 13.2 Å². The van der Waals surface area contributed by atoms with Gasteiger partial charge < -0.3 is 10.5 Å². The molecular formula is C11H16BrClN2O3S. The zero-order valence-corrected chi connectivity index (χ0v) is 13.8. The molecule has 0 heterocycles. The number of nitrogens with two attached hydrogens (primary N) is 1. The fourth-order valence-corrected chi connectivity index (χ4v) is 3.95. The SMILES string of the molecule is COCCCN(C)S(=O)(=O)c1cc(Cl)cc(N)c1Br. The van der Waals surface area contributed by atoms with Crippen molar-refractivity contribution in [3.05, 3.63) is 21.6 Å². The summed E-state index contributed by atoms with van der Waals surface area (Å²) in [5.74, 6) is 0. The van der Waals surface area contributed by atoms with Crippen LogP contribution in [-0.4, -0.2) is 40.0 Å². The number of sulfonamides is 1. The third kappa shape index (κ3) is 4.06. The van der Waals surface area contributed by atoms with Gasteiger partial charge >= 0.3 is 0 Å². The molecule has 0 spiro atoms. The van der Waals surface area contributed by atoms with Gasteiger partial charge in [-0.15, -0.1) is 0 Å². The third-order valence-corrected chi connectivity index (χ3v) is 5.79. The highest BCUT2D eigenvalue weighted by molar-refractivity contribution is 9.10. The van der Waals surface area contributed by atoms with Crippen molar-refractivity contribution in [2.75, 3.05) is 33.0 Å². The van der Waals surface area contributed by atoms with E-state index in [2.05, 4.69) is 15.9 Å². The highest BCUT2D eigenvalue weighted by Crippen LogP contribution is 2.32. The number of hydrogen-bond acceptors (Lipinski definition) is 4. The maximum Gasteiger partial charge on any atom is 0.244 e. The van der Waals surface area contributed by atoms with Crippen LogP contribution < -0.4 is 5.73 Å². The summed E-state index contributed by atoms with van der Waals surface area (Å²) in [6.45, 7) is 0.855. The van der Waals surface area contributed by atoms with Crippen LogP contribution in [0.4, 0.5) is 5.69 Å². The maximum atomic E-state index is 12.4. The minimum absolute atomic E-state index is 0.0671. The van der Waals surface area contributed by atoms with Gasteiger partial charge in [-0.05, 0) is 34.5 Å². The molecule has 0 unspecified atom stereocenters. The van der Waals surface area contributed by atoms with E-state index in [0.29, 0.717) is 24.0 Å². The predicted molar refractivity (Wildman–Crippen MR) is 79.9 cm³/mol. The topological polar surface area (TPSA) is 72.6 Å². The average molecular weight is 372 g/mol. The molecule has 0 bridgehead atoms. The van der Waals surface area contributed by atoms with Gasteiger partial charge in [-0.3, -0.25) is 0 Å². The Balaban J connectivity index is 3.06. The molecule has 0 aliphatic rings. The van der Waals surface area contributed by atoms with Crippen molar-refractivity contribution in [3.63, 3.8) is 0 Å². The molecule has 8 heteroatoms. The van der Waals surface area contributed by atoms with Gasteiger partial charge in [0.25, 0.3) is 0 Å². The molecule has 0 aliphatic carbocycles. The smallest absolute Gasteiger partial charge is 0.244 e. The van der Waals surface area contributed by atoms with Crippen molar-refractivity contribution in [1.82, 2.24) is 4.31 Å². The molecule has 2 N–H and O–H groups in total. The average Bonchev–Trinajstić information content (AvgIpc) is 2.33. The summed E-state index contributed by atoms with van der Waals surface area (Å²) >= 11 is 9.04. The molecule has 0 fully saturated rings. The highest BCUT2D eigenvalue weighted by Gasteiger charge is 2.24. The first-order valence-electron chi connectivity index (χ1n) is 5.50. The van der Waals surface area contributed by atoms with Gasteiger partial charge in [0.05, 0.1) is 9.37 Å². The van der Waals surface area contributed by atoms with E-state index in [1.165, 1.54) is 23.5 Å². The van der Waals surface area contributed by atoms with Gasteiger partial charge in [0.15, 0.2) is 0 Å². The van der Waals surface area contributed by atoms with E-state index < -0.39 is 10.0 Å². The van der Waals surface area contributed by atoms with Gasteiger partial charge in [-0.25, -0.2) is 12.7 Å². The van der Waals surface area contributed by atoms with E-state index in [9.17, 15) is 8.42 Å². The van der Waals surface area contributed by atoms with E-state index in [1.807, 2.05) is 0 Å². The summed E-state index contributed by atoms with van der Waals surface area (Å²) < 4.78 is 31.3. The number of anilines is 1. The van der Waals surface area contributed by atoms with Crippen LogP contribution in [0.2, 0.25) is 5.02 Å². The number of hydrogen-bond donors (Lipinski definition) is 1. The third-order valence-electron chi connectivity index (χ3n) is 2.54. The summed E-state index contributed by atoms with van der Waals surface area (Å²) in [4.78, 5) is 0.0671. The number of benzene rings is 1. The quantitative estimate of drug-likeness (QED) is 0.615. The van der Waals surface area contributed by atoms with E-state index >= 15 is 0 Å². The van der Waals surface area contributed by atoms with E-state index in [1.54, 1.807) is 7.11 Å². The minimum atomic E-state index is -3.63. The Bertz CT molecular complexity index is 551. The zero-order valence-electron chi connectivity index (χ0n) is 10.7. The largest absolute Gasteiger partial charge is 0.398 e. The molecule has 5 nitrogen and oxygen atoms in total. The Hall–Kier alpha value is -0.340. The summed E-state index contributed by atoms with van der Waals surface area (Å²) in [5.41, 5.74) is 5.99. The number of ether oxygens (including phenoxy) is 1. The Morgan fingerprint density at radius 1 is 1.47 bits per heavy atom. The van der Waals surface area contributed by atoms with Crippen molar-refractivity contribution in [2.45, 2.75) is 11.3 Å². The first kappa shape index (κ1) is 16.7. The van der Waals surface area contributed by atoms with Crippen molar-refractivity contribution in [2.24, 2.45) is 0 Å². The fraction of sp³-hybridized carbons (Fsp3) is 0.455. The van der Waals surface area contributed by atoms with Crippen molar-refractivity contribution >= 4 is 43.2 Å². The number of halogens is 2. The first-order valence-corrected chi connectivity index (χ1v) is 8.11. The zero-order chi connectivity index (χ0) is 14.6. The highest BCUT2D eigenvalue weighted by atomic mass is 79.9. The van der Waals surface area contributed by atoms with E-state index in [4.69, 9.17) is 22.1 Å². The number of rotatable bonds is 6. The molecule has 0 aliphatic heterocycles. The molecule has 108 valence electrons. The second-order valence-corrected chi connectivity index (χ2v) is 7.22. The molecule has 0 atom stereocenters. The Morgan fingerprint density at radius 2 is 2.11 bits per heavy atom. The summed E-state index contributed by atoms with van der Waals surface area (Å²) in [6, 6.07) is 2.87. The van der Waals surface area contributed by atoms with Crippen LogP contribution in [0.1, 0.15) is 6.42 Å². The lowest BCUT2D eigenvalue weighted by atomic mass is 10.3. The van der Waals surface area contributed by atoms with Gasteiger partial charge in [0.2, 0.25) is 10.0 Å². The molecule has 1 aromatic carbocycles. The molecule has 0 radical (unpaired) electrons. The van der Waals surface area contributed by atoms with Crippen LogP contribution in [0, 0.1) is 0 Å². The lowest BCUT2D eigenvalue weighted by molar-refractivity contribution is 0.189. The van der Waals surface area contributed by atoms with Crippen LogP contribution in [0.3, 0.4) is 0 Å². The van der Waals surface area contributed by atoms with Crippen molar-refractivity contribution in [3.8, 4) is 0 Å². The van der Waals surface area contributed by atoms with E-state index in [-0.39, 0.29) is 15.6 Å². The predicted octanol–water partition coefficient (Wildman–Crippen LogP) is 2.34. The summed E-state index contributed by atoms with van der Waals surface area (Å²) in [7, 11) is -0.548. The molecule has 1 rings (SSSR count). The van der Waals surface area contributed by atoms with Gasteiger partial charge in [-0.1, -0.05) is 11.6 Å². The monoisotopic (exact) mass is 370 g/mol.